The van der Waals surface area contributed by atoms with E-state index in [2.05, 4.69) is 10.3 Å². The third kappa shape index (κ3) is 2.30. The van der Waals surface area contributed by atoms with E-state index < -0.39 is 0 Å². The molecule has 0 atom stereocenters. The molecule has 22 heavy (non-hydrogen) atoms. The number of rotatable bonds is 3. The molecule has 3 rings (SSSR count). The third-order valence-electron chi connectivity index (χ3n) is 3.66. The summed E-state index contributed by atoms with van der Waals surface area (Å²) in [7, 11) is 3.22. The monoisotopic (exact) mass is 296 g/mol. The molecular formula is C17H16N2O3. The first-order valence-corrected chi connectivity index (χ1v) is 6.85. The fraction of sp³-hybridized carbons (Fsp3) is 0.176. The normalized spacial score (nSPS) is 14.7. The van der Waals surface area contributed by atoms with Crippen LogP contribution in [0.1, 0.15) is 16.7 Å². The maximum absolute atomic E-state index is 12.1. The molecule has 2 heterocycles. The van der Waals surface area contributed by atoms with Crippen LogP contribution in [-0.4, -0.2) is 25.1 Å². The first kappa shape index (κ1) is 14.1. The van der Waals surface area contributed by atoms with E-state index >= 15 is 0 Å². The summed E-state index contributed by atoms with van der Waals surface area (Å²) in [6.07, 6.45) is 3.47. The van der Waals surface area contributed by atoms with Gasteiger partial charge in [0.25, 0.3) is 5.91 Å². The van der Waals surface area contributed by atoms with Gasteiger partial charge in [0, 0.05) is 17.3 Å². The van der Waals surface area contributed by atoms with Gasteiger partial charge in [-0.05, 0) is 42.8 Å². The van der Waals surface area contributed by atoms with Crippen molar-refractivity contribution in [1.82, 2.24) is 4.98 Å². The predicted molar refractivity (Wildman–Crippen MR) is 85.0 cm³/mol. The van der Waals surface area contributed by atoms with Crippen LogP contribution in [0.4, 0.5) is 5.82 Å². The van der Waals surface area contributed by atoms with Crippen LogP contribution in [0.15, 0.2) is 30.5 Å². The highest BCUT2D eigenvalue weighted by Crippen LogP contribution is 2.34. The van der Waals surface area contributed by atoms with Crippen molar-refractivity contribution in [2.24, 2.45) is 0 Å². The number of aromatic nitrogens is 1. The van der Waals surface area contributed by atoms with Crippen LogP contribution in [0.5, 0.6) is 11.5 Å². The lowest BCUT2D eigenvalue weighted by Gasteiger charge is -2.11. The summed E-state index contributed by atoms with van der Waals surface area (Å²) >= 11 is 0. The van der Waals surface area contributed by atoms with Crippen molar-refractivity contribution in [3.63, 3.8) is 0 Å². The second kappa shape index (κ2) is 5.52. The Labute approximate surface area is 128 Å². The molecule has 0 saturated heterocycles. The van der Waals surface area contributed by atoms with Crippen molar-refractivity contribution >= 4 is 23.4 Å². The van der Waals surface area contributed by atoms with Crippen LogP contribution in [0.2, 0.25) is 0 Å². The van der Waals surface area contributed by atoms with Gasteiger partial charge in [0.05, 0.1) is 19.8 Å². The van der Waals surface area contributed by atoms with Crippen LogP contribution < -0.4 is 14.8 Å². The Bertz CT molecular complexity index is 756. The third-order valence-corrected chi connectivity index (χ3v) is 3.66. The van der Waals surface area contributed by atoms with E-state index in [9.17, 15) is 4.79 Å². The van der Waals surface area contributed by atoms with Crippen LogP contribution >= 0.6 is 0 Å². The zero-order valence-corrected chi connectivity index (χ0v) is 12.6. The van der Waals surface area contributed by atoms with Gasteiger partial charge in [0.15, 0.2) is 0 Å². The minimum atomic E-state index is -0.160. The van der Waals surface area contributed by atoms with Crippen molar-refractivity contribution in [2.45, 2.75) is 6.92 Å². The van der Waals surface area contributed by atoms with Crippen molar-refractivity contribution < 1.29 is 14.3 Å². The second-order valence-corrected chi connectivity index (χ2v) is 4.96. The number of nitrogens with one attached hydrogen (secondary N) is 1. The van der Waals surface area contributed by atoms with Crippen molar-refractivity contribution in [3.8, 4) is 11.5 Å². The number of carbonyl (C=O) groups excluding carboxylic acids is 1. The van der Waals surface area contributed by atoms with Gasteiger partial charge in [-0.2, -0.15) is 0 Å². The van der Waals surface area contributed by atoms with E-state index in [0.29, 0.717) is 11.4 Å². The number of hydrogen-bond donors (Lipinski definition) is 1. The molecule has 1 aliphatic rings. The first-order valence-electron chi connectivity index (χ1n) is 6.85. The van der Waals surface area contributed by atoms with Crippen LogP contribution in [-0.2, 0) is 4.79 Å². The summed E-state index contributed by atoms with van der Waals surface area (Å²) in [6, 6.07) is 7.44. The molecule has 0 radical (unpaired) electrons. The van der Waals surface area contributed by atoms with Gasteiger partial charge in [-0.1, -0.05) is 0 Å². The van der Waals surface area contributed by atoms with Crippen LogP contribution in [0, 0.1) is 6.92 Å². The lowest BCUT2D eigenvalue weighted by atomic mass is 10.0. The van der Waals surface area contributed by atoms with Crippen molar-refractivity contribution in [1.29, 1.82) is 0 Å². The van der Waals surface area contributed by atoms with Gasteiger partial charge in [-0.15, -0.1) is 0 Å². The zero-order valence-electron chi connectivity index (χ0n) is 12.6. The van der Waals surface area contributed by atoms with E-state index in [1.54, 1.807) is 20.4 Å². The highest BCUT2D eigenvalue weighted by Gasteiger charge is 2.24. The second-order valence-electron chi connectivity index (χ2n) is 4.96. The standard InChI is InChI=1S/C17H16N2O3/c1-10-14(21-2)8-11(9-15(10)22-3)7-13-12-5-4-6-18-16(12)19-17(13)20/h4-9H,1-3H3,(H,18,19,20). The molecule has 5 nitrogen and oxygen atoms in total. The van der Waals surface area contributed by atoms with E-state index in [1.165, 1.54) is 0 Å². The molecule has 1 aliphatic heterocycles. The van der Waals surface area contributed by atoms with E-state index in [1.807, 2.05) is 37.3 Å². The Morgan fingerprint density at radius 1 is 1.18 bits per heavy atom. The Balaban J connectivity index is 2.11. The van der Waals surface area contributed by atoms with Crippen LogP contribution in [0.3, 0.4) is 0 Å². The average Bonchev–Trinajstić information content (AvgIpc) is 2.84. The molecule has 0 aliphatic carbocycles. The van der Waals surface area contributed by atoms with Crippen molar-refractivity contribution in [2.75, 3.05) is 19.5 Å². The lowest BCUT2D eigenvalue weighted by molar-refractivity contribution is -0.110. The number of benzene rings is 1. The number of amides is 1. The van der Waals surface area contributed by atoms with E-state index in [-0.39, 0.29) is 5.91 Å². The molecule has 5 heteroatoms. The fourth-order valence-corrected chi connectivity index (χ4v) is 2.52. The van der Waals surface area contributed by atoms with E-state index in [0.717, 1.165) is 28.2 Å². The topological polar surface area (TPSA) is 60.5 Å². The molecule has 0 bridgehead atoms. The number of ether oxygens (including phenoxy) is 2. The van der Waals surface area contributed by atoms with Crippen molar-refractivity contribution in [3.05, 3.63) is 47.2 Å². The fourth-order valence-electron chi connectivity index (χ4n) is 2.52. The number of pyridine rings is 1. The number of carbonyl (C=O) groups is 1. The Hall–Kier alpha value is -2.82. The van der Waals surface area contributed by atoms with Gasteiger partial charge in [-0.25, -0.2) is 4.98 Å². The van der Waals surface area contributed by atoms with Gasteiger partial charge in [-0.3, -0.25) is 4.79 Å². The molecule has 112 valence electrons. The zero-order chi connectivity index (χ0) is 15.7. The molecule has 1 amide bonds. The molecule has 2 aromatic rings. The Morgan fingerprint density at radius 3 is 2.50 bits per heavy atom. The molecule has 0 spiro atoms. The quantitative estimate of drug-likeness (QED) is 0.885. The highest BCUT2D eigenvalue weighted by molar-refractivity contribution is 6.34. The number of fused-ring (bicyclic) bond motifs is 1. The lowest BCUT2D eigenvalue weighted by Crippen LogP contribution is -2.04. The summed E-state index contributed by atoms with van der Waals surface area (Å²) in [6.45, 7) is 1.93. The number of hydrogen-bond acceptors (Lipinski definition) is 4. The molecule has 1 aromatic heterocycles. The first-order chi connectivity index (χ1) is 10.6. The SMILES string of the molecule is COc1cc(C=C2C(=O)Nc3ncccc32)cc(OC)c1C. The summed E-state index contributed by atoms with van der Waals surface area (Å²) in [5.41, 5.74) is 3.13. The molecular weight excluding hydrogens is 280 g/mol. The summed E-state index contributed by atoms with van der Waals surface area (Å²) in [5, 5.41) is 2.76. The predicted octanol–water partition coefficient (Wildman–Crippen LogP) is 2.90. The Morgan fingerprint density at radius 2 is 1.86 bits per heavy atom. The number of anilines is 1. The maximum Gasteiger partial charge on any atom is 0.257 e. The van der Waals surface area contributed by atoms with Gasteiger partial charge >= 0.3 is 0 Å². The largest absolute Gasteiger partial charge is 0.496 e. The minimum Gasteiger partial charge on any atom is -0.496 e. The van der Waals surface area contributed by atoms with Gasteiger partial charge in [0.2, 0.25) is 0 Å². The highest BCUT2D eigenvalue weighted by atomic mass is 16.5. The average molecular weight is 296 g/mol. The van der Waals surface area contributed by atoms with E-state index in [4.69, 9.17) is 9.47 Å². The summed E-state index contributed by atoms with van der Waals surface area (Å²) < 4.78 is 10.7. The molecule has 1 N–H and O–H groups in total. The Kier molecular flexibility index (Phi) is 3.55. The van der Waals surface area contributed by atoms with Crippen LogP contribution in [0.25, 0.3) is 11.6 Å². The number of methoxy groups -OCH3 is 2. The molecule has 0 unspecified atom stereocenters. The molecule has 0 saturated carbocycles. The van der Waals surface area contributed by atoms with Gasteiger partial charge in [0.1, 0.15) is 17.3 Å². The smallest absolute Gasteiger partial charge is 0.257 e. The summed E-state index contributed by atoms with van der Waals surface area (Å²) in [4.78, 5) is 16.3. The molecule has 1 aromatic carbocycles. The molecule has 0 fully saturated rings. The number of nitrogens with zero attached hydrogens (tertiary/aromatic N) is 1. The minimum absolute atomic E-state index is 0.160. The maximum atomic E-state index is 12.1. The summed E-state index contributed by atoms with van der Waals surface area (Å²) in [5.74, 6) is 1.86. The van der Waals surface area contributed by atoms with Gasteiger partial charge < -0.3 is 14.8 Å².